The fourth-order valence-corrected chi connectivity index (χ4v) is 3.10. The molecule has 4 atom stereocenters. The van der Waals surface area contributed by atoms with Gasteiger partial charge in [-0.25, -0.2) is 0 Å². The summed E-state index contributed by atoms with van der Waals surface area (Å²) in [4.78, 5) is 22.6. The van der Waals surface area contributed by atoms with Crippen molar-refractivity contribution in [2.45, 2.75) is 64.1 Å². The molecule has 1 rings (SSSR count). The van der Waals surface area contributed by atoms with Crippen molar-refractivity contribution < 1.29 is 24.9 Å². The lowest BCUT2D eigenvalue weighted by molar-refractivity contribution is -0.136. The van der Waals surface area contributed by atoms with E-state index in [4.69, 9.17) is 5.11 Å². The molecule has 3 N–H and O–H groups in total. The number of ketones is 1. The number of rotatable bonds is 12. The van der Waals surface area contributed by atoms with E-state index in [1.807, 2.05) is 12.2 Å². The van der Waals surface area contributed by atoms with E-state index in [0.717, 1.165) is 12.8 Å². The second-order valence-electron chi connectivity index (χ2n) is 6.84. The molecule has 1 saturated carbocycles. The Hall–Kier alpha value is -1.98. The van der Waals surface area contributed by atoms with Crippen molar-refractivity contribution in [2.75, 3.05) is 0 Å². The summed E-state index contributed by atoms with van der Waals surface area (Å²) in [5, 5.41) is 28.7. The monoisotopic (exact) mass is 376 g/mol. The lowest BCUT2D eigenvalue weighted by Gasteiger charge is -2.16. The van der Waals surface area contributed by atoms with Gasteiger partial charge in [0.05, 0.1) is 12.2 Å². The van der Waals surface area contributed by atoms with Crippen LogP contribution in [-0.2, 0) is 9.59 Å². The van der Waals surface area contributed by atoms with Gasteiger partial charge in [0.15, 0.2) is 0 Å². The van der Waals surface area contributed by atoms with Crippen LogP contribution in [0.25, 0.3) is 0 Å². The molecule has 0 aromatic carbocycles. The predicted octanol–water partition coefficient (Wildman–Crippen LogP) is 3.58. The van der Waals surface area contributed by atoms with E-state index in [9.17, 15) is 19.8 Å². The Labute approximate surface area is 161 Å². The van der Waals surface area contributed by atoms with E-state index in [2.05, 4.69) is 19.1 Å². The molecule has 1 aliphatic rings. The summed E-state index contributed by atoms with van der Waals surface area (Å²) in [6.07, 6.45) is 17.2. The molecule has 0 bridgehead atoms. The first-order valence-corrected chi connectivity index (χ1v) is 9.69. The fraction of sp³-hybridized carbons (Fsp3) is 0.545. The number of aliphatic hydroxyl groups is 2. The molecule has 1 fully saturated rings. The van der Waals surface area contributed by atoms with E-state index in [1.54, 1.807) is 24.3 Å². The zero-order valence-corrected chi connectivity index (χ0v) is 16.0. The predicted molar refractivity (Wildman–Crippen MR) is 106 cm³/mol. The highest BCUT2D eigenvalue weighted by Gasteiger charge is 2.39. The van der Waals surface area contributed by atoms with Crippen LogP contribution < -0.4 is 0 Å². The van der Waals surface area contributed by atoms with Crippen LogP contribution in [0, 0.1) is 11.8 Å². The Kier molecular flexibility index (Phi) is 11.3. The van der Waals surface area contributed by atoms with Gasteiger partial charge in [-0.15, -0.1) is 0 Å². The molecule has 5 nitrogen and oxygen atoms in total. The summed E-state index contributed by atoms with van der Waals surface area (Å²) in [6.45, 7) is 2.08. The second kappa shape index (κ2) is 13.2. The second-order valence-corrected chi connectivity index (χ2v) is 6.84. The highest BCUT2D eigenvalue weighted by molar-refractivity contribution is 5.86. The highest BCUT2D eigenvalue weighted by atomic mass is 16.4. The minimum atomic E-state index is -0.847. The standard InChI is InChI=1S/C22H32O5/c1-2-3-4-5-6-9-12-18-19(21(25)16-20(18)24)15-14-17(23)11-8-7-10-13-22(26)27/h3-4,6-9,14-15,17-20,23-24H,2,5,10-13,16H2,1H3,(H,26,27)/b4-3-,8-7-,9-6-,15-14+/t17-,18-,19-,20+/m1/s1. The van der Waals surface area contributed by atoms with E-state index < -0.39 is 18.2 Å². The lowest BCUT2D eigenvalue weighted by atomic mass is 9.90. The van der Waals surface area contributed by atoms with Crippen molar-refractivity contribution in [2.24, 2.45) is 11.8 Å². The molecular formula is C22H32O5. The van der Waals surface area contributed by atoms with E-state index in [1.165, 1.54) is 0 Å². The molecule has 0 spiro atoms. The number of hydrogen-bond donors (Lipinski definition) is 3. The summed E-state index contributed by atoms with van der Waals surface area (Å²) in [6, 6.07) is 0. The van der Waals surface area contributed by atoms with Crippen molar-refractivity contribution in [3.8, 4) is 0 Å². The third-order valence-corrected chi connectivity index (χ3v) is 4.60. The van der Waals surface area contributed by atoms with E-state index in [0.29, 0.717) is 19.3 Å². The van der Waals surface area contributed by atoms with Crippen LogP contribution in [0.1, 0.15) is 51.9 Å². The molecule has 0 amide bonds. The molecule has 5 heteroatoms. The van der Waals surface area contributed by atoms with Crippen LogP contribution in [0.4, 0.5) is 0 Å². The number of aliphatic carboxylic acids is 1. The largest absolute Gasteiger partial charge is 0.481 e. The Balaban J connectivity index is 2.50. The quantitative estimate of drug-likeness (QED) is 0.453. The number of carbonyl (C=O) groups is 2. The van der Waals surface area contributed by atoms with Crippen LogP contribution in [0.2, 0.25) is 0 Å². The minimum Gasteiger partial charge on any atom is -0.481 e. The van der Waals surface area contributed by atoms with E-state index in [-0.39, 0.29) is 30.5 Å². The summed E-state index contributed by atoms with van der Waals surface area (Å²) in [7, 11) is 0. The van der Waals surface area contributed by atoms with Gasteiger partial charge in [-0.1, -0.05) is 55.5 Å². The summed E-state index contributed by atoms with van der Waals surface area (Å²) >= 11 is 0. The Bertz CT molecular complexity index is 573. The number of carboxylic acids is 1. The van der Waals surface area contributed by atoms with Crippen LogP contribution in [0.5, 0.6) is 0 Å². The van der Waals surface area contributed by atoms with Gasteiger partial charge >= 0.3 is 5.97 Å². The highest BCUT2D eigenvalue weighted by Crippen LogP contribution is 2.33. The van der Waals surface area contributed by atoms with Gasteiger partial charge in [0.25, 0.3) is 0 Å². The third kappa shape index (κ3) is 9.50. The third-order valence-electron chi connectivity index (χ3n) is 4.60. The number of carboxylic acid groups (broad SMARTS) is 1. The topological polar surface area (TPSA) is 94.8 Å². The van der Waals surface area contributed by atoms with Gasteiger partial charge in [-0.2, -0.15) is 0 Å². The van der Waals surface area contributed by atoms with E-state index >= 15 is 0 Å². The van der Waals surface area contributed by atoms with Gasteiger partial charge in [-0.3, -0.25) is 9.59 Å². The Morgan fingerprint density at radius 2 is 1.93 bits per heavy atom. The number of Topliss-reactive ketones (excluding diaryl/α,β-unsaturated/α-hetero) is 1. The zero-order chi connectivity index (χ0) is 20.1. The first-order chi connectivity index (χ1) is 13.0. The normalized spacial score (nSPS) is 24.9. The zero-order valence-electron chi connectivity index (χ0n) is 16.0. The van der Waals surface area contributed by atoms with Crippen molar-refractivity contribution in [3.63, 3.8) is 0 Å². The Morgan fingerprint density at radius 1 is 1.19 bits per heavy atom. The first kappa shape index (κ1) is 23.1. The molecule has 0 unspecified atom stereocenters. The molecule has 0 heterocycles. The molecule has 0 radical (unpaired) electrons. The van der Waals surface area contributed by atoms with Crippen molar-refractivity contribution in [1.82, 2.24) is 0 Å². The van der Waals surface area contributed by atoms with Crippen LogP contribution in [-0.4, -0.2) is 39.3 Å². The minimum absolute atomic E-state index is 0.00669. The van der Waals surface area contributed by atoms with Crippen LogP contribution in [0.15, 0.2) is 48.6 Å². The number of carbonyl (C=O) groups excluding carboxylic acids is 1. The number of aliphatic hydroxyl groups excluding tert-OH is 2. The maximum absolute atomic E-state index is 12.1. The average Bonchev–Trinajstić information content (AvgIpc) is 2.88. The van der Waals surface area contributed by atoms with Gasteiger partial charge in [0.2, 0.25) is 0 Å². The number of hydrogen-bond acceptors (Lipinski definition) is 4. The van der Waals surface area contributed by atoms with Crippen molar-refractivity contribution >= 4 is 11.8 Å². The molecule has 0 saturated heterocycles. The van der Waals surface area contributed by atoms with Crippen LogP contribution >= 0.6 is 0 Å². The smallest absolute Gasteiger partial charge is 0.303 e. The summed E-state index contributed by atoms with van der Waals surface area (Å²) in [5.74, 6) is -1.37. The first-order valence-electron chi connectivity index (χ1n) is 9.69. The molecular weight excluding hydrogens is 344 g/mol. The molecule has 150 valence electrons. The van der Waals surface area contributed by atoms with Crippen LogP contribution in [0.3, 0.4) is 0 Å². The molecule has 0 aliphatic heterocycles. The average molecular weight is 376 g/mol. The maximum Gasteiger partial charge on any atom is 0.303 e. The van der Waals surface area contributed by atoms with Gasteiger partial charge in [0, 0.05) is 24.7 Å². The maximum atomic E-state index is 12.1. The number of allylic oxidation sites excluding steroid dienone is 6. The van der Waals surface area contributed by atoms with Crippen molar-refractivity contribution in [3.05, 3.63) is 48.6 Å². The Morgan fingerprint density at radius 3 is 2.63 bits per heavy atom. The van der Waals surface area contributed by atoms with Crippen molar-refractivity contribution in [1.29, 1.82) is 0 Å². The molecule has 27 heavy (non-hydrogen) atoms. The summed E-state index contributed by atoms with van der Waals surface area (Å²) < 4.78 is 0. The van der Waals surface area contributed by atoms with Gasteiger partial charge in [-0.05, 0) is 32.1 Å². The molecule has 0 aromatic rings. The molecule has 0 aromatic heterocycles. The van der Waals surface area contributed by atoms with Gasteiger partial charge in [0.1, 0.15) is 5.78 Å². The summed E-state index contributed by atoms with van der Waals surface area (Å²) in [5.41, 5.74) is 0. The van der Waals surface area contributed by atoms with Gasteiger partial charge < -0.3 is 15.3 Å². The SMILES string of the molecule is CC/C=C\C/C=C\C[C@H]1[C@@H](O)CC(=O)[C@@H]1/C=C/[C@H](O)C/C=C\CCC(=O)O. The molecule has 1 aliphatic carbocycles. The lowest BCUT2D eigenvalue weighted by Crippen LogP contribution is -2.19. The fourth-order valence-electron chi connectivity index (χ4n) is 3.10.